The Bertz CT molecular complexity index is 317. The topological polar surface area (TPSA) is 52.6 Å². The lowest BCUT2D eigenvalue weighted by molar-refractivity contribution is -0.162. The molecule has 0 atom stereocenters. The lowest BCUT2D eigenvalue weighted by Gasteiger charge is -2.15. The fraction of sp³-hybridized carbons (Fsp3) is 0.909. The molecule has 0 amide bonds. The van der Waals surface area contributed by atoms with Crippen LogP contribution in [0.25, 0.3) is 0 Å². The lowest BCUT2D eigenvalue weighted by Crippen LogP contribution is -2.28. The summed E-state index contributed by atoms with van der Waals surface area (Å²) in [6.07, 6.45) is 14.7. The normalized spacial score (nSPS) is 10.9. The molecule has 4 heteroatoms. The van der Waals surface area contributed by atoms with Crippen LogP contribution in [-0.4, -0.2) is 25.2 Å². The van der Waals surface area contributed by atoms with Gasteiger partial charge in [-0.15, -0.1) is 0 Å². The molecule has 0 aromatic carbocycles. The highest BCUT2D eigenvalue weighted by Gasteiger charge is 2.29. The highest BCUT2D eigenvalue weighted by atomic mass is 16.6. The molecular weight excluding hydrogens is 328 g/mol. The third-order valence-corrected chi connectivity index (χ3v) is 4.65. The van der Waals surface area contributed by atoms with Crippen LogP contribution in [0.1, 0.15) is 111 Å². The van der Waals surface area contributed by atoms with E-state index >= 15 is 0 Å². The Morgan fingerprint density at radius 2 is 0.962 bits per heavy atom. The monoisotopic (exact) mass is 370 g/mol. The van der Waals surface area contributed by atoms with Gasteiger partial charge in [-0.25, -0.2) is 0 Å². The average Bonchev–Trinajstić information content (AvgIpc) is 2.64. The Labute approximate surface area is 161 Å². The van der Waals surface area contributed by atoms with Crippen LogP contribution < -0.4 is 0 Å². The van der Waals surface area contributed by atoms with Gasteiger partial charge in [-0.2, -0.15) is 0 Å². The summed E-state index contributed by atoms with van der Waals surface area (Å²) in [6.45, 7) is 7.24. The minimum Gasteiger partial charge on any atom is -0.465 e. The fourth-order valence-electron chi connectivity index (χ4n) is 2.89. The Balaban J connectivity index is 4.25. The van der Waals surface area contributed by atoms with E-state index in [9.17, 15) is 9.59 Å². The molecule has 0 N–H and O–H groups in total. The van der Waals surface area contributed by atoms with E-state index in [0.29, 0.717) is 19.6 Å². The SMILES string of the molecule is CCCCCCCCCC(C(=O)OCCCCC)C(=O)OCCCCC. The van der Waals surface area contributed by atoms with Crippen molar-refractivity contribution in [2.45, 2.75) is 111 Å². The van der Waals surface area contributed by atoms with E-state index in [4.69, 9.17) is 9.47 Å². The zero-order valence-corrected chi connectivity index (χ0v) is 17.5. The van der Waals surface area contributed by atoms with E-state index in [2.05, 4.69) is 20.8 Å². The maximum absolute atomic E-state index is 12.3. The van der Waals surface area contributed by atoms with Crippen molar-refractivity contribution in [1.29, 1.82) is 0 Å². The van der Waals surface area contributed by atoms with Crippen molar-refractivity contribution < 1.29 is 19.1 Å². The molecule has 0 radical (unpaired) electrons. The van der Waals surface area contributed by atoms with E-state index in [1.54, 1.807) is 0 Å². The molecule has 0 saturated carbocycles. The standard InChI is InChI=1S/C22H42O4/c1-4-7-10-11-12-13-14-17-20(21(23)25-18-15-8-5-2)22(24)26-19-16-9-6-3/h20H,4-19H2,1-3H3. The number of carbonyl (C=O) groups is 2. The maximum atomic E-state index is 12.3. The molecule has 0 aliphatic carbocycles. The molecule has 154 valence electrons. The van der Waals surface area contributed by atoms with E-state index in [0.717, 1.165) is 51.4 Å². The zero-order chi connectivity index (χ0) is 19.5. The number of carbonyl (C=O) groups excluding carboxylic acids is 2. The fourth-order valence-corrected chi connectivity index (χ4v) is 2.89. The summed E-state index contributed by atoms with van der Waals surface area (Å²) in [5, 5.41) is 0. The van der Waals surface area contributed by atoms with Crippen LogP contribution in [0.5, 0.6) is 0 Å². The summed E-state index contributed by atoms with van der Waals surface area (Å²) in [6, 6.07) is 0. The number of rotatable bonds is 18. The van der Waals surface area contributed by atoms with E-state index in [1.165, 1.54) is 32.1 Å². The Hall–Kier alpha value is -1.06. The molecule has 0 spiro atoms. The van der Waals surface area contributed by atoms with Crippen LogP contribution >= 0.6 is 0 Å². The van der Waals surface area contributed by atoms with Crippen LogP contribution in [-0.2, 0) is 19.1 Å². The first-order valence-electron chi connectivity index (χ1n) is 11.0. The second-order valence-corrected chi connectivity index (χ2v) is 7.21. The van der Waals surface area contributed by atoms with Gasteiger partial charge in [0, 0.05) is 0 Å². The first kappa shape index (κ1) is 24.9. The van der Waals surface area contributed by atoms with Gasteiger partial charge in [0.15, 0.2) is 5.92 Å². The van der Waals surface area contributed by atoms with Gasteiger partial charge in [-0.1, -0.05) is 91.4 Å². The summed E-state index contributed by atoms with van der Waals surface area (Å²) in [5.74, 6) is -1.53. The summed E-state index contributed by atoms with van der Waals surface area (Å²) in [7, 11) is 0. The van der Waals surface area contributed by atoms with Gasteiger partial charge >= 0.3 is 11.9 Å². The minimum absolute atomic E-state index is 0.396. The highest BCUT2D eigenvalue weighted by molar-refractivity contribution is 5.94. The van der Waals surface area contributed by atoms with Crippen molar-refractivity contribution in [3.63, 3.8) is 0 Å². The number of hydrogen-bond donors (Lipinski definition) is 0. The molecule has 0 unspecified atom stereocenters. The van der Waals surface area contributed by atoms with Crippen molar-refractivity contribution in [1.82, 2.24) is 0 Å². The number of hydrogen-bond acceptors (Lipinski definition) is 4. The molecule has 0 aliphatic heterocycles. The molecule has 0 rings (SSSR count). The van der Waals surface area contributed by atoms with Gasteiger partial charge in [0.25, 0.3) is 0 Å². The second-order valence-electron chi connectivity index (χ2n) is 7.21. The number of unbranched alkanes of at least 4 members (excludes halogenated alkanes) is 10. The molecule has 0 aromatic heterocycles. The average molecular weight is 371 g/mol. The maximum Gasteiger partial charge on any atom is 0.320 e. The van der Waals surface area contributed by atoms with Gasteiger partial charge in [0.05, 0.1) is 13.2 Å². The molecule has 0 aliphatic rings. The van der Waals surface area contributed by atoms with Crippen LogP contribution in [0.2, 0.25) is 0 Å². The summed E-state index contributed by atoms with van der Waals surface area (Å²) < 4.78 is 10.7. The van der Waals surface area contributed by atoms with E-state index in [1.807, 2.05) is 0 Å². The van der Waals surface area contributed by atoms with E-state index < -0.39 is 17.9 Å². The van der Waals surface area contributed by atoms with Gasteiger partial charge in [0.1, 0.15) is 0 Å². The lowest BCUT2D eigenvalue weighted by atomic mass is 10.00. The number of esters is 2. The molecular formula is C22H42O4. The van der Waals surface area contributed by atoms with Crippen LogP contribution in [0.15, 0.2) is 0 Å². The second kappa shape index (κ2) is 18.7. The number of ether oxygens (including phenoxy) is 2. The third-order valence-electron chi connectivity index (χ3n) is 4.65. The predicted molar refractivity (Wildman–Crippen MR) is 107 cm³/mol. The first-order valence-corrected chi connectivity index (χ1v) is 11.0. The third kappa shape index (κ3) is 14.1. The van der Waals surface area contributed by atoms with Gasteiger partial charge < -0.3 is 9.47 Å². The molecule has 0 fully saturated rings. The molecule has 26 heavy (non-hydrogen) atoms. The van der Waals surface area contributed by atoms with Crippen molar-refractivity contribution in [2.75, 3.05) is 13.2 Å². The minimum atomic E-state index is -0.742. The van der Waals surface area contributed by atoms with E-state index in [-0.39, 0.29) is 0 Å². The quantitative estimate of drug-likeness (QED) is 0.163. The molecule has 0 saturated heterocycles. The summed E-state index contributed by atoms with van der Waals surface area (Å²) in [5.41, 5.74) is 0. The Morgan fingerprint density at radius 1 is 0.577 bits per heavy atom. The largest absolute Gasteiger partial charge is 0.465 e. The molecule has 0 aromatic rings. The summed E-state index contributed by atoms with van der Waals surface area (Å²) >= 11 is 0. The van der Waals surface area contributed by atoms with Crippen molar-refractivity contribution >= 4 is 11.9 Å². The van der Waals surface area contributed by atoms with Crippen LogP contribution in [0.3, 0.4) is 0 Å². The van der Waals surface area contributed by atoms with Crippen molar-refractivity contribution in [2.24, 2.45) is 5.92 Å². The van der Waals surface area contributed by atoms with Crippen LogP contribution in [0.4, 0.5) is 0 Å². The van der Waals surface area contributed by atoms with Crippen molar-refractivity contribution in [3.8, 4) is 0 Å². The van der Waals surface area contributed by atoms with Gasteiger partial charge in [-0.05, 0) is 19.3 Å². The zero-order valence-electron chi connectivity index (χ0n) is 17.5. The molecule has 0 heterocycles. The van der Waals surface area contributed by atoms with Crippen molar-refractivity contribution in [3.05, 3.63) is 0 Å². The smallest absolute Gasteiger partial charge is 0.320 e. The van der Waals surface area contributed by atoms with Crippen LogP contribution in [0, 0.1) is 5.92 Å². The predicted octanol–water partition coefficient (Wildman–Crippen LogP) is 6.21. The summed E-state index contributed by atoms with van der Waals surface area (Å²) in [4.78, 5) is 24.6. The molecule has 0 bridgehead atoms. The molecule has 4 nitrogen and oxygen atoms in total. The Kier molecular flexibility index (Phi) is 18.0. The first-order chi connectivity index (χ1) is 12.7. The van der Waals surface area contributed by atoms with Gasteiger partial charge in [-0.3, -0.25) is 9.59 Å². The van der Waals surface area contributed by atoms with Gasteiger partial charge in [0.2, 0.25) is 0 Å². The Morgan fingerprint density at radius 3 is 1.42 bits per heavy atom. The highest BCUT2D eigenvalue weighted by Crippen LogP contribution is 2.16.